The topological polar surface area (TPSA) is 42.1 Å². The molecule has 0 amide bonds. The Morgan fingerprint density at radius 3 is 3.19 bits per heavy atom. The van der Waals surface area contributed by atoms with Crippen molar-refractivity contribution in [1.82, 2.24) is 9.88 Å². The van der Waals surface area contributed by atoms with Crippen LogP contribution in [0.15, 0.2) is 18.5 Å². The molecular weight excluding hydrogens is 225 g/mol. The number of aromatic nitrogens is 1. The van der Waals surface area contributed by atoms with Crippen molar-refractivity contribution < 1.29 is 4.39 Å². The van der Waals surface area contributed by atoms with Gasteiger partial charge in [-0.3, -0.25) is 9.88 Å². The summed E-state index contributed by atoms with van der Waals surface area (Å²) in [7, 11) is 2.04. The van der Waals surface area contributed by atoms with Gasteiger partial charge in [0, 0.05) is 41.9 Å². The number of rotatable bonds is 2. The molecule has 3 nitrogen and oxygen atoms in total. The SMILES string of the molecule is CN1CCSCC1C(N)c1ccncc1F. The lowest BCUT2D eigenvalue weighted by atomic mass is 10.0. The van der Waals surface area contributed by atoms with E-state index in [-0.39, 0.29) is 17.9 Å². The maximum absolute atomic E-state index is 13.6. The van der Waals surface area contributed by atoms with Crippen molar-refractivity contribution in [3.8, 4) is 0 Å². The molecule has 1 saturated heterocycles. The zero-order chi connectivity index (χ0) is 11.5. The number of nitrogens with two attached hydrogens (primary N) is 1. The number of nitrogens with zero attached hydrogens (tertiary/aromatic N) is 2. The van der Waals surface area contributed by atoms with Crippen LogP contribution in [0.2, 0.25) is 0 Å². The second-order valence-electron chi connectivity index (χ2n) is 4.05. The molecule has 0 aromatic carbocycles. The molecule has 0 spiro atoms. The fourth-order valence-electron chi connectivity index (χ4n) is 1.95. The van der Waals surface area contributed by atoms with E-state index in [0.29, 0.717) is 5.56 Å². The molecule has 1 aliphatic rings. The fraction of sp³-hybridized carbons (Fsp3) is 0.545. The van der Waals surface area contributed by atoms with E-state index < -0.39 is 0 Å². The van der Waals surface area contributed by atoms with Crippen molar-refractivity contribution in [1.29, 1.82) is 0 Å². The summed E-state index contributed by atoms with van der Waals surface area (Å²) in [5, 5.41) is 0. The molecule has 2 atom stereocenters. The Hall–Kier alpha value is -0.650. The number of thioether (sulfide) groups is 1. The largest absolute Gasteiger partial charge is 0.323 e. The Balaban J connectivity index is 2.17. The molecular formula is C11H16FN3S. The minimum atomic E-state index is -0.307. The molecule has 2 heterocycles. The normalized spacial score (nSPS) is 24.3. The zero-order valence-corrected chi connectivity index (χ0v) is 10.1. The summed E-state index contributed by atoms with van der Waals surface area (Å²) < 4.78 is 13.6. The van der Waals surface area contributed by atoms with Crippen molar-refractivity contribution in [3.05, 3.63) is 29.8 Å². The Labute approximate surface area is 99.2 Å². The Kier molecular flexibility index (Phi) is 3.78. The van der Waals surface area contributed by atoms with Gasteiger partial charge in [0.1, 0.15) is 5.82 Å². The first-order chi connectivity index (χ1) is 7.70. The summed E-state index contributed by atoms with van der Waals surface area (Å²) in [6.07, 6.45) is 2.82. The smallest absolute Gasteiger partial charge is 0.146 e. The molecule has 2 unspecified atom stereocenters. The quantitative estimate of drug-likeness (QED) is 0.846. The monoisotopic (exact) mass is 241 g/mol. The molecule has 2 rings (SSSR count). The lowest BCUT2D eigenvalue weighted by Crippen LogP contribution is -2.46. The minimum absolute atomic E-state index is 0.204. The van der Waals surface area contributed by atoms with Crippen LogP contribution in [0.4, 0.5) is 4.39 Å². The van der Waals surface area contributed by atoms with E-state index in [2.05, 4.69) is 9.88 Å². The van der Waals surface area contributed by atoms with Crippen LogP contribution in [0.3, 0.4) is 0 Å². The average Bonchev–Trinajstić information content (AvgIpc) is 2.29. The number of pyridine rings is 1. The molecule has 5 heteroatoms. The average molecular weight is 241 g/mol. The highest BCUT2D eigenvalue weighted by molar-refractivity contribution is 7.99. The Morgan fingerprint density at radius 1 is 1.69 bits per heavy atom. The van der Waals surface area contributed by atoms with Crippen LogP contribution in [-0.4, -0.2) is 41.0 Å². The van der Waals surface area contributed by atoms with E-state index in [1.54, 1.807) is 12.3 Å². The van der Waals surface area contributed by atoms with E-state index in [9.17, 15) is 4.39 Å². The van der Waals surface area contributed by atoms with Gasteiger partial charge in [0.05, 0.1) is 6.20 Å². The van der Waals surface area contributed by atoms with Gasteiger partial charge >= 0.3 is 0 Å². The van der Waals surface area contributed by atoms with Gasteiger partial charge in [-0.1, -0.05) is 0 Å². The molecule has 1 aromatic heterocycles. The first-order valence-corrected chi connectivity index (χ1v) is 6.48. The second-order valence-corrected chi connectivity index (χ2v) is 5.20. The van der Waals surface area contributed by atoms with E-state index >= 15 is 0 Å². The van der Waals surface area contributed by atoms with Gasteiger partial charge in [0.15, 0.2) is 0 Å². The first kappa shape index (κ1) is 11.8. The van der Waals surface area contributed by atoms with Crippen molar-refractivity contribution in [2.75, 3.05) is 25.1 Å². The lowest BCUT2D eigenvalue weighted by molar-refractivity contribution is 0.235. The maximum atomic E-state index is 13.6. The first-order valence-electron chi connectivity index (χ1n) is 5.33. The van der Waals surface area contributed by atoms with Crippen molar-refractivity contribution >= 4 is 11.8 Å². The second kappa shape index (κ2) is 5.12. The summed E-state index contributed by atoms with van der Waals surface area (Å²) in [6, 6.07) is 1.60. The summed E-state index contributed by atoms with van der Waals surface area (Å²) in [6.45, 7) is 1.01. The number of halogens is 1. The zero-order valence-electron chi connectivity index (χ0n) is 9.27. The molecule has 0 bridgehead atoms. The van der Waals surface area contributed by atoms with Crippen molar-refractivity contribution in [3.63, 3.8) is 0 Å². The molecule has 0 aliphatic carbocycles. The molecule has 88 valence electrons. The predicted molar refractivity (Wildman–Crippen MR) is 64.9 cm³/mol. The van der Waals surface area contributed by atoms with Crippen LogP contribution >= 0.6 is 11.8 Å². The van der Waals surface area contributed by atoms with Crippen molar-refractivity contribution in [2.45, 2.75) is 12.1 Å². The standard InChI is InChI=1S/C11H16FN3S/c1-15-4-5-16-7-10(15)11(13)8-2-3-14-6-9(8)12/h2-3,6,10-11H,4-5,7,13H2,1H3. The summed E-state index contributed by atoms with van der Waals surface area (Å²) in [4.78, 5) is 5.95. The third-order valence-corrected chi connectivity index (χ3v) is 4.07. The number of likely N-dealkylation sites (N-methyl/N-ethyl adjacent to an activating group) is 1. The van der Waals surface area contributed by atoms with Gasteiger partial charge in [-0.05, 0) is 13.1 Å². The van der Waals surface area contributed by atoms with E-state index in [1.165, 1.54) is 6.20 Å². The van der Waals surface area contributed by atoms with Crippen LogP contribution in [0, 0.1) is 5.82 Å². The van der Waals surface area contributed by atoms with Crippen LogP contribution in [0.1, 0.15) is 11.6 Å². The van der Waals surface area contributed by atoms with Gasteiger partial charge in [-0.2, -0.15) is 11.8 Å². The highest BCUT2D eigenvalue weighted by Gasteiger charge is 2.27. The summed E-state index contributed by atoms with van der Waals surface area (Å²) in [5.41, 5.74) is 6.70. The predicted octanol–water partition coefficient (Wildman–Crippen LogP) is 1.27. The van der Waals surface area contributed by atoms with E-state index in [0.717, 1.165) is 18.1 Å². The molecule has 1 aromatic rings. The molecule has 0 saturated carbocycles. The van der Waals surface area contributed by atoms with Crippen molar-refractivity contribution in [2.24, 2.45) is 5.73 Å². The maximum Gasteiger partial charge on any atom is 0.146 e. The molecule has 1 fully saturated rings. The van der Waals surface area contributed by atoms with E-state index in [4.69, 9.17) is 5.73 Å². The number of hydrogen-bond donors (Lipinski definition) is 1. The van der Waals surface area contributed by atoms with Gasteiger partial charge in [-0.15, -0.1) is 0 Å². The van der Waals surface area contributed by atoms with Gasteiger partial charge in [-0.25, -0.2) is 4.39 Å². The number of hydrogen-bond acceptors (Lipinski definition) is 4. The van der Waals surface area contributed by atoms with Gasteiger partial charge in [0.25, 0.3) is 0 Å². The van der Waals surface area contributed by atoms with Gasteiger partial charge < -0.3 is 5.73 Å². The van der Waals surface area contributed by atoms with Crippen LogP contribution in [0.5, 0.6) is 0 Å². The van der Waals surface area contributed by atoms with Gasteiger partial charge in [0.2, 0.25) is 0 Å². The summed E-state index contributed by atoms with van der Waals surface area (Å²) >= 11 is 1.88. The third-order valence-electron chi connectivity index (χ3n) is 3.02. The third kappa shape index (κ3) is 2.36. The van der Waals surface area contributed by atoms with Crippen LogP contribution in [-0.2, 0) is 0 Å². The fourth-order valence-corrected chi connectivity index (χ4v) is 3.23. The Bertz CT molecular complexity index is 361. The lowest BCUT2D eigenvalue weighted by Gasteiger charge is -2.36. The highest BCUT2D eigenvalue weighted by Crippen LogP contribution is 2.25. The Morgan fingerprint density at radius 2 is 2.50 bits per heavy atom. The minimum Gasteiger partial charge on any atom is -0.323 e. The van der Waals surface area contributed by atoms with Crippen LogP contribution in [0.25, 0.3) is 0 Å². The highest BCUT2D eigenvalue weighted by atomic mass is 32.2. The van der Waals surface area contributed by atoms with E-state index in [1.807, 2.05) is 18.8 Å². The molecule has 0 radical (unpaired) electrons. The van der Waals surface area contributed by atoms with Crippen LogP contribution < -0.4 is 5.73 Å². The summed E-state index contributed by atoms with van der Waals surface area (Å²) in [5.74, 6) is 1.77. The molecule has 2 N–H and O–H groups in total. The molecule has 16 heavy (non-hydrogen) atoms. The molecule has 1 aliphatic heterocycles.